The predicted molar refractivity (Wildman–Crippen MR) is 109 cm³/mol. The second kappa shape index (κ2) is 8.14. The van der Waals surface area contributed by atoms with Gasteiger partial charge in [0.1, 0.15) is 17.3 Å². The summed E-state index contributed by atoms with van der Waals surface area (Å²) in [7, 11) is 0. The molecule has 2 atom stereocenters. The molecule has 3 aromatic rings. The molecular formula is C23H24F3N3O. The van der Waals surface area contributed by atoms with Crippen LogP contribution in [0.3, 0.4) is 0 Å². The molecule has 1 fully saturated rings. The van der Waals surface area contributed by atoms with Crippen molar-refractivity contribution < 1.29 is 17.9 Å². The fraction of sp³-hybridized carbons (Fsp3) is 0.348. The molecule has 3 N–H and O–H groups in total. The van der Waals surface area contributed by atoms with E-state index < -0.39 is 11.7 Å². The fourth-order valence-electron chi connectivity index (χ4n) is 3.90. The molecule has 1 aromatic heterocycles. The van der Waals surface area contributed by atoms with E-state index in [2.05, 4.69) is 9.97 Å². The van der Waals surface area contributed by atoms with Crippen LogP contribution in [0.25, 0.3) is 11.3 Å². The Morgan fingerprint density at radius 2 is 1.80 bits per heavy atom. The van der Waals surface area contributed by atoms with Crippen molar-refractivity contribution in [2.75, 3.05) is 0 Å². The molecule has 4 rings (SSSR count). The number of halogens is 3. The molecule has 30 heavy (non-hydrogen) atoms. The maximum atomic E-state index is 13.4. The van der Waals surface area contributed by atoms with E-state index in [9.17, 15) is 13.2 Å². The van der Waals surface area contributed by atoms with Crippen molar-refractivity contribution in [1.29, 1.82) is 0 Å². The Labute approximate surface area is 173 Å². The minimum absolute atomic E-state index is 0.00235. The molecule has 158 valence electrons. The number of H-pyrrole nitrogens is 1. The molecule has 1 saturated carbocycles. The van der Waals surface area contributed by atoms with Crippen molar-refractivity contribution in [1.82, 2.24) is 9.97 Å². The van der Waals surface area contributed by atoms with Crippen molar-refractivity contribution in [3.63, 3.8) is 0 Å². The molecule has 1 heterocycles. The van der Waals surface area contributed by atoms with Gasteiger partial charge in [0.2, 0.25) is 0 Å². The van der Waals surface area contributed by atoms with Crippen molar-refractivity contribution in [2.24, 2.45) is 5.73 Å². The number of nitrogens with zero attached hydrogens (tertiary/aromatic N) is 1. The number of hydrogen-bond donors (Lipinski definition) is 2. The Hall–Kier alpha value is -2.80. The van der Waals surface area contributed by atoms with Gasteiger partial charge in [0, 0.05) is 17.5 Å². The van der Waals surface area contributed by atoms with Gasteiger partial charge in [0.05, 0.1) is 17.5 Å². The van der Waals surface area contributed by atoms with Crippen LogP contribution in [-0.2, 0) is 6.18 Å². The zero-order valence-electron chi connectivity index (χ0n) is 16.7. The average molecular weight is 415 g/mol. The van der Waals surface area contributed by atoms with Crippen LogP contribution in [0, 0.1) is 6.92 Å². The van der Waals surface area contributed by atoms with Crippen LogP contribution in [0.15, 0.2) is 48.7 Å². The zero-order valence-corrected chi connectivity index (χ0v) is 16.7. The van der Waals surface area contributed by atoms with E-state index in [1.165, 1.54) is 6.07 Å². The van der Waals surface area contributed by atoms with E-state index in [0.717, 1.165) is 49.2 Å². The molecule has 2 unspecified atom stereocenters. The van der Waals surface area contributed by atoms with Gasteiger partial charge in [-0.05, 0) is 50.1 Å². The Kier molecular flexibility index (Phi) is 5.56. The molecule has 0 radical (unpaired) electrons. The lowest BCUT2D eigenvalue weighted by Crippen LogP contribution is -2.31. The molecule has 1 aliphatic rings. The summed E-state index contributed by atoms with van der Waals surface area (Å²) in [5, 5.41) is 0. The van der Waals surface area contributed by atoms with Crippen molar-refractivity contribution in [2.45, 2.75) is 50.7 Å². The average Bonchev–Trinajstić information content (AvgIpc) is 3.19. The topological polar surface area (TPSA) is 63.9 Å². The molecule has 0 aliphatic heterocycles. The molecule has 7 heteroatoms. The van der Waals surface area contributed by atoms with E-state index in [1.807, 2.05) is 19.1 Å². The Morgan fingerprint density at radius 1 is 1.07 bits per heavy atom. The summed E-state index contributed by atoms with van der Waals surface area (Å²) in [5.41, 5.74) is 7.38. The monoisotopic (exact) mass is 415 g/mol. The molecule has 0 amide bonds. The molecule has 2 aromatic carbocycles. The highest BCUT2D eigenvalue weighted by Crippen LogP contribution is 2.39. The first kappa shape index (κ1) is 20.5. The van der Waals surface area contributed by atoms with Gasteiger partial charge < -0.3 is 15.5 Å². The van der Waals surface area contributed by atoms with Gasteiger partial charge in [0.25, 0.3) is 0 Å². The first-order valence-electron chi connectivity index (χ1n) is 10.1. The van der Waals surface area contributed by atoms with Gasteiger partial charge in [0.15, 0.2) is 0 Å². The van der Waals surface area contributed by atoms with E-state index in [-0.39, 0.29) is 12.0 Å². The summed E-state index contributed by atoms with van der Waals surface area (Å²) in [4.78, 5) is 7.65. The highest BCUT2D eigenvalue weighted by Gasteiger charge is 2.32. The van der Waals surface area contributed by atoms with Gasteiger partial charge in [-0.25, -0.2) is 4.98 Å². The van der Waals surface area contributed by atoms with Crippen LogP contribution in [0.2, 0.25) is 0 Å². The maximum Gasteiger partial charge on any atom is 0.416 e. The van der Waals surface area contributed by atoms with Gasteiger partial charge in [-0.15, -0.1) is 0 Å². The number of alkyl halides is 3. The third-order valence-corrected chi connectivity index (χ3v) is 5.61. The Balaban J connectivity index is 1.72. The highest BCUT2D eigenvalue weighted by atomic mass is 19.4. The largest absolute Gasteiger partial charge is 0.457 e. The number of nitrogens with one attached hydrogen (secondary N) is 1. The summed E-state index contributed by atoms with van der Waals surface area (Å²) in [6.07, 6.45) is 1.11. The number of benzene rings is 2. The van der Waals surface area contributed by atoms with Crippen LogP contribution >= 0.6 is 0 Å². The first-order valence-corrected chi connectivity index (χ1v) is 10.1. The number of aryl methyl sites for hydroxylation is 1. The third-order valence-electron chi connectivity index (χ3n) is 5.61. The molecule has 0 bridgehead atoms. The number of ether oxygens (including phenoxy) is 1. The quantitative estimate of drug-likeness (QED) is 0.535. The molecule has 0 saturated heterocycles. The Morgan fingerprint density at radius 3 is 2.50 bits per heavy atom. The predicted octanol–water partition coefficient (Wildman–Crippen LogP) is 6.18. The van der Waals surface area contributed by atoms with Crippen molar-refractivity contribution in [3.8, 4) is 22.8 Å². The number of nitrogens with two attached hydrogens (primary N) is 1. The van der Waals surface area contributed by atoms with Crippen LogP contribution in [-0.4, -0.2) is 16.0 Å². The van der Waals surface area contributed by atoms with Gasteiger partial charge >= 0.3 is 6.18 Å². The minimum Gasteiger partial charge on any atom is -0.457 e. The van der Waals surface area contributed by atoms with Crippen LogP contribution in [0.1, 0.15) is 48.6 Å². The number of imidazole rings is 1. The summed E-state index contributed by atoms with van der Waals surface area (Å²) in [5.74, 6) is 1.68. The fourth-order valence-corrected chi connectivity index (χ4v) is 3.90. The number of aromatic amines is 1. The zero-order chi connectivity index (χ0) is 21.3. The number of rotatable bonds is 4. The van der Waals surface area contributed by atoms with E-state index in [4.69, 9.17) is 10.5 Å². The van der Waals surface area contributed by atoms with Crippen molar-refractivity contribution in [3.05, 3.63) is 65.6 Å². The highest BCUT2D eigenvalue weighted by molar-refractivity contribution is 5.68. The normalized spacial score (nSPS) is 19.6. The maximum absolute atomic E-state index is 13.4. The number of aromatic nitrogens is 2. The third kappa shape index (κ3) is 4.36. The smallest absolute Gasteiger partial charge is 0.416 e. The lowest BCUT2D eigenvalue weighted by atomic mass is 9.84. The van der Waals surface area contributed by atoms with Gasteiger partial charge in [-0.1, -0.05) is 30.5 Å². The summed E-state index contributed by atoms with van der Waals surface area (Å²) >= 11 is 0. The summed E-state index contributed by atoms with van der Waals surface area (Å²) in [6.45, 7) is 1.95. The minimum atomic E-state index is -4.45. The lowest BCUT2D eigenvalue weighted by Gasteiger charge is -2.26. The van der Waals surface area contributed by atoms with Crippen molar-refractivity contribution >= 4 is 0 Å². The molecular weight excluding hydrogens is 391 g/mol. The second-order valence-corrected chi connectivity index (χ2v) is 7.86. The lowest BCUT2D eigenvalue weighted by molar-refractivity contribution is -0.137. The van der Waals surface area contributed by atoms with E-state index >= 15 is 0 Å². The van der Waals surface area contributed by atoms with E-state index in [1.54, 1.807) is 18.3 Å². The van der Waals surface area contributed by atoms with Gasteiger partial charge in [-0.3, -0.25) is 0 Å². The molecule has 4 nitrogen and oxygen atoms in total. The van der Waals surface area contributed by atoms with E-state index in [0.29, 0.717) is 22.8 Å². The Bertz CT molecular complexity index is 1010. The molecule has 1 aliphatic carbocycles. The standard InChI is InChI=1S/C23H24F3N3O/c1-14-6-9-16(10-7-14)30-21-11-8-15(23(24,25)26)12-18(21)20-13-28-22(29-20)17-4-2-3-5-19(17)27/h6-13,17,19H,2-5,27H2,1H3,(H,28,29). The van der Waals surface area contributed by atoms with Crippen LogP contribution in [0.4, 0.5) is 13.2 Å². The second-order valence-electron chi connectivity index (χ2n) is 7.86. The van der Waals surface area contributed by atoms with Crippen LogP contribution < -0.4 is 10.5 Å². The summed E-state index contributed by atoms with van der Waals surface area (Å²) < 4.78 is 46.0. The first-order chi connectivity index (χ1) is 14.3. The van der Waals surface area contributed by atoms with Crippen LogP contribution in [0.5, 0.6) is 11.5 Å². The van der Waals surface area contributed by atoms with Gasteiger partial charge in [-0.2, -0.15) is 13.2 Å². The SMILES string of the molecule is Cc1ccc(Oc2ccc(C(F)(F)F)cc2-c2cnc(C3CCCCC3N)[nH]2)cc1. The summed E-state index contributed by atoms with van der Waals surface area (Å²) in [6, 6.07) is 10.8. The molecule has 0 spiro atoms. The number of hydrogen-bond acceptors (Lipinski definition) is 3.